The summed E-state index contributed by atoms with van der Waals surface area (Å²) in [6.07, 6.45) is 1.81. The van der Waals surface area contributed by atoms with Crippen LogP contribution in [-0.4, -0.2) is 23.5 Å². The first kappa shape index (κ1) is 17.2. The van der Waals surface area contributed by atoms with Gasteiger partial charge in [-0.3, -0.25) is 4.79 Å². The van der Waals surface area contributed by atoms with Crippen LogP contribution < -0.4 is 11.1 Å². The summed E-state index contributed by atoms with van der Waals surface area (Å²) in [5.74, 6) is -1.31. The fourth-order valence-corrected chi connectivity index (χ4v) is 2.13. The molecule has 5 heteroatoms. The molecule has 5 nitrogen and oxygen atoms in total. The first-order valence-corrected chi connectivity index (χ1v) is 7.13. The first-order chi connectivity index (χ1) is 9.85. The quantitative estimate of drug-likeness (QED) is 0.684. The van der Waals surface area contributed by atoms with Gasteiger partial charge >= 0.3 is 5.97 Å². The summed E-state index contributed by atoms with van der Waals surface area (Å²) in [4.78, 5) is 23.3. The average molecular weight is 292 g/mol. The number of hydrogen-bond acceptors (Lipinski definition) is 3. The second-order valence-corrected chi connectivity index (χ2v) is 5.95. The van der Waals surface area contributed by atoms with Gasteiger partial charge in [0, 0.05) is 6.42 Å². The first-order valence-electron chi connectivity index (χ1n) is 7.13. The molecule has 0 aliphatic heterocycles. The van der Waals surface area contributed by atoms with Crippen molar-refractivity contribution < 1.29 is 14.7 Å². The van der Waals surface area contributed by atoms with Gasteiger partial charge in [-0.1, -0.05) is 44.2 Å². The van der Waals surface area contributed by atoms with Gasteiger partial charge in [0.05, 0.1) is 0 Å². The van der Waals surface area contributed by atoms with E-state index in [1.54, 1.807) is 30.3 Å². The van der Waals surface area contributed by atoms with Gasteiger partial charge in [0.25, 0.3) is 0 Å². The predicted molar refractivity (Wildman–Crippen MR) is 81.6 cm³/mol. The molecule has 1 rings (SSSR count). The maximum atomic E-state index is 12.0. The molecular weight excluding hydrogens is 268 g/mol. The van der Waals surface area contributed by atoms with Crippen LogP contribution in [0, 0.1) is 5.41 Å². The van der Waals surface area contributed by atoms with E-state index in [1.165, 1.54) is 0 Å². The van der Waals surface area contributed by atoms with Crippen molar-refractivity contribution in [1.82, 2.24) is 5.32 Å². The fraction of sp³-hybridized carbons (Fsp3) is 0.500. The molecule has 1 unspecified atom stereocenters. The van der Waals surface area contributed by atoms with Crippen molar-refractivity contribution in [2.24, 2.45) is 11.1 Å². The SMILES string of the molecule is CC(C)(CCN)CCC(=O)NC(C(=O)O)c1ccccc1. The molecule has 0 aliphatic rings. The summed E-state index contributed by atoms with van der Waals surface area (Å²) in [5.41, 5.74) is 6.09. The van der Waals surface area contributed by atoms with E-state index in [-0.39, 0.29) is 11.3 Å². The van der Waals surface area contributed by atoms with E-state index in [2.05, 4.69) is 19.2 Å². The van der Waals surface area contributed by atoms with Gasteiger partial charge in [-0.2, -0.15) is 0 Å². The van der Waals surface area contributed by atoms with E-state index in [9.17, 15) is 14.7 Å². The Morgan fingerprint density at radius 2 is 1.86 bits per heavy atom. The summed E-state index contributed by atoms with van der Waals surface area (Å²) < 4.78 is 0. The molecule has 0 saturated carbocycles. The van der Waals surface area contributed by atoms with E-state index in [0.717, 1.165) is 6.42 Å². The van der Waals surface area contributed by atoms with Gasteiger partial charge in [0.2, 0.25) is 5.91 Å². The van der Waals surface area contributed by atoms with Crippen LogP contribution in [0.2, 0.25) is 0 Å². The Morgan fingerprint density at radius 3 is 2.38 bits per heavy atom. The fourth-order valence-electron chi connectivity index (χ4n) is 2.13. The van der Waals surface area contributed by atoms with Crippen molar-refractivity contribution >= 4 is 11.9 Å². The Hall–Kier alpha value is -1.88. The van der Waals surface area contributed by atoms with Crippen LogP contribution >= 0.6 is 0 Å². The number of carboxylic acid groups (broad SMARTS) is 1. The molecule has 0 bridgehead atoms. The van der Waals surface area contributed by atoms with Crippen LogP contribution in [0.5, 0.6) is 0 Å². The van der Waals surface area contributed by atoms with Crippen molar-refractivity contribution in [3.05, 3.63) is 35.9 Å². The second kappa shape index (κ2) is 7.78. The zero-order chi connectivity index (χ0) is 15.9. The highest BCUT2D eigenvalue weighted by atomic mass is 16.4. The van der Waals surface area contributed by atoms with Crippen LogP contribution in [-0.2, 0) is 9.59 Å². The van der Waals surface area contributed by atoms with Gasteiger partial charge in [0.1, 0.15) is 0 Å². The summed E-state index contributed by atoms with van der Waals surface area (Å²) >= 11 is 0. The highest BCUT2D eigenvalue weighted by Gasteiger charge is 2.23. The number of amides is 1. The lowest BCUT2D eigenvalue weighted by molar-refractivity contribution is -0.142. The molecule has 1 amide bonds. The molecule has 0 radical (unpaired) electrons. The number of hydrogen-bond donors (Lipinski definition) is 3. The van der Waals surface area contributed by atoms with Crippen molar-refractivity contribution in [2.75, 3.05) is 6.54 Å². The van der Waals surface area contributed by atoms with E-state index in [0.29, 0.717) is 24.9 Å². The number of carbonyl (C=O) groups excluding carboxylic acids is 1. The van der Waals surface area contributed by atoms with Gasteiger partial charge in [0.15, 0.2) is 6.04 Å². The topological polar surface area (TPSA) is 92.4 Å². The number of carbonyl (C=O) groups is 2. The molecule has 21 heavy (non-hydrogen) atoms. The van der Waals surface area contributed by atoms with Crippen LogP contribution in [0.15, 0.2) is 30.3 Å². The Bertz CT molecular complexity index is 472. The number of aliphatic carboxylic acids is 1. The van der Waals surface area contributed by atoms with Crippen LogP contribution in [0.3, 0.4) is 0 Å². The van der Waals surface area contributed by atoms with Gasteiger partial charge in [-0.25, -0.2) is 4.79 Å². The van der Waals surface area contributed by atoms with E-state index in [4.69, 9.17) is 5.73 Å². The molecule has 1 atom stereocenters. The van der Waals surface area contributed by atoms with Gasteiger partial charge in [-0.05, 0) is 30.4 Å². The number of nitrogens with one attached hydrogen (secondary N) is 1. The minimum atomic E-state index is -1.06. The normalized spacial score (nSPS) is 12.7. The van der Waals surface area contributed by atoms with Crippen molar-refractivity contribution in [3.8, 4) is 0 Å². The van der Waals surface area contributed by atoms with Crippen molar-refractivity contribution in [3.63, 3.8) is 0 Å². The lowest BCUT2D eigenvalue weighted by Gasteiger charge is -2.24. The zero-order valence-corrected chi connectivity index (χ0v) is 12.6. The second-order valence-electron chi connectivity index (χ2n) is 5.95. The zero-order valence-electron chi connectivity index (χ0n) is 12.6. The summed E-state index contributed by atoms with van der Waals surface area (Å²) in [7, 11) is 0. The van der Waals surface area contributed by atoms with Crippen LogP contribution in [0.4, 0.5) is 0 Å². The Kier molecular flexibility index (Phi) is 6.37. The molecule has 1 aromatic carbocycles. The standard InChI is InChI=1S/C16H24N2O3/c1-16(2,10-11-17)9-8-13(19)18-14(15(20)21)12-6-4-3-5-7-12/h3-7,14H,8-11,17H2,1-2H3,(H,18,19)(H,20,21). The third kappa shape index (κ3) is 5.95. The maximum Gasteiger partial charge on any atom is 0.330 e. The largest absolute Gasteiger partial charge is 0.479 e. The molecule has 0 spiro atoms. The Morgan fingerprint density at radius 1 is 1.24 bits per heavy atom. The molecule has 0 aromatic heterocycles. The van der Waals surface area contributed by atoms with Gasteiger partial charge < -0.3 is 16.2 Å². The summed E-state index contributed by atoms with van der Waals surface area (Å²) in [6.45, 7) is 4.69. The maximum absolute atomic E-state index is 12.0. The Labute approximate surface area is 125 Å². The molecule has 0 heterocycles. The third-order valence-electron chi connectivity index (χ3n) is 3.54. The minimum absolute atomic E-state index is 0.0163. The third-order valence-corrected chi connectivity index (χ3v) is 3.54. The van der Waals surface area contributed by atoms with Crippen molar-refractivity contribution in [1.29, 1.82) is 0 Å². The van der Waals surface area contributed by atoms with Crippen molar-refractivity contribution in [2.45, 2.75) is 39.2 Å². The molecule has 0 aliphatic carbocycles. The van der Waals surface area contributed by atoms with Crippen LogP contribution in [0.25, 0.3) is 0 Å². The molecule has 4 N–H and O–H groups in total. The number of carboxylic acids is 1. The molecular formula is C16H24N2O3. The average Bonchev–Trinajstić information content (AvgIpc) is 2.43. The van der Waals surface area contributed by atoms with Gasteiger partial charge in [-0.15, -0.1) is 0 Å². The Balaban J connectivity index is 2.61. The minimum Gasteiger partial charge on any atom is -0.479 e. The van der Waals surface area contributed by atoms with E-state index in [1.807, 2.05) is 0 Å². The number of benzene rings is 1. The van der Waals surface area contributed by atoms with E-state index >= 15 is 0 Å². The summed E-state index contributed by atoms with van der Waals surface area (Å²) in [5, 5.41) is 11.8. The lowest BCUT2D eigenvalue weighted by atomic mass is 9.84. The number of nitrogens with two attached hydrogens (primary N) is 1. The molecule has 0 fully saturated rings. The number of rotatable bonds is 8. The lowest BCUT2D eigenvalue weighted by Crippen LogP contribution is -2.34. The molecule has 1 aromatic rings. The summed E-state index contributed by atoms with van der Waals surface area (Å²) in [6, 6.07) is 7.69. The molecule has 0 saturated heterocycles. The highest BCUT2D eigenvalue weighted by Crippen LogP contribution is 2.26. The molecule has 116 valence electrons. The highest BCUT2D eigenvalue weighted by molar-refractivity contribution is 5.84. The van der Waals surface area contributed by atoms with Crippen LogP contribution in [0.1, 0.15) is 44.7 Å². The smallest absolute Gasteiger partial charge is 0.330 e. The predicted octanol–water partition coefficient (Wildman–Crippen LogP) is 2.08. The van der Waals surface area contributed by atoms with E-state index < -0.39 is 12.0 Å². The monoisotopic (exact) mass is 292 g/mol.